The number of hydrogen-bond donors (Lipinski definition) is 3. The Hall–Kier alpha value is -7.80. The van der Waals surface area contributed by atoms with Crippen molar-refractivity contribution in [3.63, 3.8) is 0 Å². The number of amides is 3. The fraction of sp³-hybridized carbons (Fsp3) is 0.305. The SMILES string of the molecule is CO[C@@H]1[C@H](N(C)C(=O)COCCOCCNC(=O)c2ccc(-c3c4ccc(=[N+](C)C)cc-4oc4cc(N(C)C)ccc34)c(C(=O)O)c2)C[C@H]2O[C@]1(C)n1c3ccccc3c3c4c(c5c6ccccc6n2c5c31)C(=O)NC4.[Cl-]. The van der Waals surface area contributed by atoms with E-state index in [1.807, 2.05) is 105 Å². The van der Waals surface area contributed by atoms with Crippen LogP contribution in [0.1, 0.15) is 56.2 Å². The quantitative estimate of drug-likeness (QED) is 0.0800. The molecule has 5 aliphatic rings. The number of carboxylic acids is 1. The summed E-state index contributed by atoms with van der Waals surface area (Å²) >= 11 is 0. The molecule has 396 valence electrons. The molecule has 12 rings (SSSR count). The minimum absolute atomic E-state index is 0. The predicted octanol–water partition coefficient (Wildman–Crippen LogP) is 4.37. The first kappa shape index (κ1) is 51.3. The molecule has 6 heterocycles. The second-order valence-electron chi connectivity index (χ2n) is 20.4. The summed E-state index contributed by atoms with van der Waals surface area (Å²) < 4.78 is 38.2. The Balaban J connectivity index is 0.00000631. The summed E-state index contributed by atoms with van der Waals surface area (Å²) in [4.78, 5) is 57.9. The third-order valence-electron chi connectivity index (χ3n) is 15.7. The number of carbonyl (C=O) groups is 4. The molecule has 77 heavy (non-hydrogen) atoms. The number of para-hydroxylation sites is 2. The van der Waals surface area contributed by atoms with Crippen molar-refractivity contribution in [2.24, 2.45) is 0 Å². The van der Waals surface area contributed by atoms with Gasteiger partial charge in [0.1, 0.15) is 44.4 Å². The number of aromatic nitrogens is 2. The third-order valence-corrected chi connectivity index (χ3v) is 15.7. The largest absolute Gasteiger partial charge is 1.00 e. The van der Waals surface area contributed by atoms with E-state index in [2.05, 4.69) is 44.0 Å². The molecular formula is C59H58ClN7O10. The molecule has 18 heteroatoms. The fourth-order valence-electron chi connectivity index (χ4n) is 12.2. The van der Waals surface area contributed by atoms with Crippen molar-refractivity contribution in [3.8, 4) is 22.5 Å². The monoisotopic (exact) mass is 1060 g/mol. The summed E-state index contributed by atoms with van der Waals surface area (Å²) in [6.07, 6.45) is -0.738. The Morgan fingerprint density at radius 2 is 1.57 bits per heavy atom. The van der Waals surface area contributed by atoms with E-state index in [9.17, 15) is 24.3 Å². The van der Waals surface area contributed by atoms with Crippen LogP contribution in [0.25, 0.3) is 77.0 Å². The Labute approximate surface area is 448 Å². The van der Waals surface area contributed by atoms with E-state index < -0.39 is 36.0 Å². The molecule has 17 nitrogen and oxygen atoms in total. The molecule has 0 unspecified atom stereocenters. The van der Waals surface area contributed by atoms with Crippen LogP contribution in [0.2, 0.25) is 0 Å². The van der Waals surface area contributed by atoms with Crippen molar-refractivity contribution >= 4 is 84.0 Å². The van der Waals surface area contributed by atoms with Crippen molar-refractivity contribution in [1.29, 1.82) is 0 Å². The normalized spacial score (nSPS) is 18.5. The van der Waals surface area contributed by atoms with Gasteiger partial charge >= 0.3 is 5.97 Å². The lowest BCUT2D eigenvalue weighted by Gasteiger charge is -2.50. The van der Waals surface area contributed by atoms with Crippen LogP contribution in [0.15, 0.2) is 108 Å². The first-order valence-electron chi connectivity index (χ1n) is 25.4. The zero-order valence-electron chi connectivity index (χ0n) is 43.7. The molecule has 1 fully saturated rings. The molecule has 2 aromatic heterocycles. The number of nitrogens with zero attached hydrogens (tertiary/aromatic N) is 5. The molecule has 0 radical (unpaired) electrons. The van der Waals surface area contributed by atoms with Gasteiger partial charge in [0.05, 0.1) is 65.1 Å². The molecule has 2 bridgehead atoms. The second kappa shape index (κ2) is 19.6. The van der Waals surface area contributed by atoms with Gasteiger partial charge in [-0.25, -0.2) is 9.37 Å². The van der Waals surface area contributed by atoms with Gasteiger partial charge in [-0.1, -0.05) is 42.5 Å². The highest BCUT2D eigenvalue weighted by molar-refractivity contribution is 6.31. The number of ether oxygens (including phenoxy) is 4. The number of halogens is 1. The van der Waals surface area contributed by atoms with E-state index in [0.717, 1.165) is 71.2 Å². The number of carbonyl (C=O) groups excluding carboxylic acids is 3. The van der Waals surface area contributed by atoms with Gasteiger partial charge in [-0.2, -0.15) is 0 Å². The minimum Gasteiger partial charge on any atom is -1.00 e. The smallest absolute Gasteiger partial charge is 0.336 e. The maximum atomic E-state index is 14.1. The van der Waals surface area contributed by atoms with Crippen LogP contribution in [0, 0.1) is 0 Å². The van der Waals surface area contributed by atoms with Gasteiger partial charge in [-0.05, 0) is 60.5 Å². The lowest BCUT2D eigenvalue weighted by Crippen LogP contribution is -3.00. The number of likely N-dealkylation sites (N-methyl/N-ethyl adjacent to an activating group) is 1. The van der Waals surface area contributed by atoms with Crippen molar-refractivity contribution < 1.29 is 60.1 Å². The topological polar surface area (TPSA) is 182 Å². The van der Waals surface area contributed by atoms with Crippen molar-refractivity contribution in [1.82, 2.24) is 29.2 Å². The summed E-state index contributed by atoms with van der Waals surface area (Å²) in [6.45, 7) is 2.82. The molecular weight excluding hydrogens is 1000 g/mol. The van der Waals surface area contributed by atoms with E-state index in [-0.39, 0.29) is 68.3 Å². The maximum Gasteiger partial charge on any atom is 0.336 e. The summed E-state index contributed by atoms with van der Waals surface area (Å²) in [6, 6.07) is 32.2. The number of hydrogen-bond acceptors (Lipinski definition) is 10. The van der Waals surface area contributed by atoms with Crippen molar-refractivity contribution in [3.05, 3.63) is 131 Å². The van der Waals surface area contributed by atoms with Gasteiger partial charge in [0, 0.05) is 109 Å². The lowest BCUT2D eigenvalue weighted by atomic mass is 9.89. The van der Waals surface area contributed by atoms with Crippen LogP contribution in [0.3, 0.4) is 0 Å². The Morgan fingerprint density at radius 1 is 0.844 bits per heavy atom. The summed E-state index contributed by atoms with van der Waals surface area (Å²) in [5.74, 6) is -1.37. The number of benzene rings is 6. The molecule has 1 aliphatic carbocycles. The first-order valence-corrected chi connectivity index (χ1v) is 25.4. The number of nitrogens with one attached hydrogen (secondary N) is 2. The van der Waals surface area contributed by atoms with E-state index in [1.165, 1.54) is 6.07 Å². The zero-order valence-corrected chi connectivity index (χ0v) is 44.5. The summed E-state index contributed by atoms with van der Waals surface area (Å²) in [5, 5.41) is 22.0. The molecule has 3 amide bonds. The average molecular weight is 1060 g/mol. The van der Waals surface area contributed by atoms with E-state index in [4.69, 9.17) is 23.4 Å². The predicted molar refractivity (Wildman–Crippen MR) is 290 cm³/mol. The van der Waals surface area contributed by atoms with Gasteiger partial charge in [-0.3, -0.25) is 14.4 Å². The highest BCUT2D eigenvalue weighted by Gasteiger charge is 2.55. The molecule has 5 aromatic carbocycles. The van der Waals surface area contributed by atoms with Gasteiger partial charge < -0.3 is 70.4 Å². The molecule has 0 saturated carbocycles. The first-order chi connectivity index (χ1) is 36.7. The van der Waals surface area contributed by atoms with Gasteiger partial charge in [0.15, 0.2) is 5.72 Å². The Bertz CT molecular complexity index is 3970. The second-order valence-corrected chi connectivity index (χ2v) is 20.4. The number of methoxy groups -OCH3 is 1. The zero-order chi connectivity index (χ0) is 52.9. The van der Waals surface area contributed by atoms with E-state index in [1.54, 1.807) is 31.2 Å². The van der Waals surface area contributed by atoms with Crippen LogP contribution in [-0.2, 0) is 36.0 Å². The van der Waals surface area contributed by atoms with Crippen LogP contribution in [0.4, 0.5) is 5.69 Å². The molecule has 3 N–H and O–H groups in total. The van der Waals surface area contributed by atoms with Gasteiger partial charge in [0.2, 0.25) is 11.3 Å². The fourth-order valence-corrected chi connectivity index (χ4v) is 12.2. The lowest BCUT2D eigenvalue weighted by molar-refractivity contribution is -0.266. The maximum absolute atomic E-state index is 14.1. The van der Waals surface area contributed by atoms with Gasteiger partial charge in [0.25, 0.3) is 11.8 Å². The van der Waals surface area contributed by atoms with Gasteiger partial charge in [-0.15, -0.1) is 0 Å². The molecule has 7 aromatic rings. The average Bonchev–Trinajstić information content (AvgIpc) is 3.77. The van der Waals surface area contributed by atoms with Crippen LogP contribution >= 0.6 is 0 Å². The molecule has 4 atom stereocenters. The number of fused-ring (bicyclic) bond motifs is 15. The summed E-state index contributed by atoms with van der Waals surface area (Å²) in [7, 11) is 11.2. The molecule has 0 spiro atoms. The summed E-state index contributed by atoms with van der Waals surface area (Å²) in [5.41, 5.74) is 7.89. The number of rotatable bonds is 14. The number of aromatic carboxylic acids is 1. The highest BCUT2D eigenvalue weighted by Crippen LogP contribution is 2.54. The Morgan fingerprint density at radius 3 is 2.31 bits per heavy atom. The molecule has 4 aliphatic heterocycles. The number of carboxylic acid groups (broad SMARTS) is 1. The van der Waals surface area contributed by atoms with Crippen LogP contribution in [-0.4, -0.2) is 130 Å². The van der Waals surface area contributed by atoms with Crippen molar-refractivity contribution in [2.75, 3.05) is 80.2 Å². The van der Waals surface area contributed by atoms with Crippen molar-refractivity contribution in [2.45, 2.75) is 44.0 Å². The Kier molecular flexibility index (Phi) is 13.1. The van der Waals surface area contributed by atoms with Crippen LogP contribution in [0.5, 0.6) is 0 Å². The minimum atomic E-state index is -1.17. The molecule has 1 saturated heterocycles. The van der Waals surface area contributed by atoms with E-state index >= 15 is 0 Å². The third kappa shape index (κ3) is 8.09. The number of anilines is 1. The highest BCUT2D eigenvalue weighted by atomic mass is 35.5. The standard InChI is InChI=1S/C59H57N7O10.ClH/c1-59-55(72-7)44(29-48(76-59)65-42-14-10-8-12-36(42)51-52-41(30-61-57(52)69)50-37-13-9-11-15-43(37)66(59)54(50)53(51)65)64(6)47(67)31-74-25-24-73-23-22-60-56(68)32-16-19-35(40(26-32)58(70)71)49-38-20-17-33(62(2)3)27-45(38)75-46-28-34(63(4)5)18-21-39(46)49;/h8-21,26-28,44,48,55H,22-25,29-31H2,1-7H3,(H2-,60,61,68,69,70,71);1H/t44-,48-,55-,59+;/m1./s1. The van der Waals surface area contributed by atoms with E-state index in [0.29, 0.717) is 41.0 Å². The van der Waals surface area contributed by atoms with Crippen LogP contribution < -0.4 is 37.9 Å².